The number of hydrogen-bond donors (Lipinski definition) is 3. The lowest BCUT2D eigenvalue weighted by Gasteiger charge is -2.11. The topological polar surface area (TPSA) is 148 Å². The molecule has 0 spiro atoms. The van der Waals surface area contributed by atoms with Gasteiger partial charge in [-0.3, -0.25) is 19.1 Å². The molecule has 0 bridgehead atoms. The second-order valence-corrected chi connectivity index (χ2v) is 10.2. The molecule has 224 valence electrons. The van der Waals surface area contributed by atoms with Gasteiger partial charge in [0.05, 0.1) is 17.7 Å². The molecule has 3 N–H and O–H groups in total. The van der Waals surface area contributed by atoms with E-state index in [0.717, 1.165) is 0 Å². The molecule has 0 radical (unpaired) electrons. The van der Waals surface area contributed by atoms with Crippen LogP contribution in [0, 0.1) is 5.82 Å². The van der Waals surface area contributed by atoms with Crippen LogP contribution in [0.5, 0.6) is 0 Å². The number of Topliss-reactive ketones (excluding diaryl/α,β-unsaturated/α-hetero) is 2. The van der Waals surface area contributed by atoms with Crippen LogP contribution in [0.4, 0.5) is 20.6 Å². The number of benzene rings is 3. The number of hydrogen-bond acceptors (Lipinski definition) is 7. The van der Waals surface area contributed by atoms with E-state index in [9.17, 15) is 19.2 Å². The van der Waals surface area contributed by atoms with Crippen molar-refractivity contribution in [1.82, 2.24) is 20.3 Å². The van der Waals surface area contributed by atoms with Gasteiger partial charge in [0, 0.05) is 53.1 Å². The number of nitrogens with zero attached hydrogens (tertiary/aromatic N) is 3. The first-order valence-corrected chi connectivity index (χ1v) is 13.9. The van der Waals surface area contributed by atoms with Gasteiger partial charge in [0.15, 0.2) is 17.4 Å². The van der Waals surface area contributed by atoms with E-state index in [1.165, 1.54) is 23.9 Å². The van der Waals surface area contributed by atoms with Crippen molar-refractivity contribution >= 4 is 57.4 Å². The molecule has 0 fully saturated rings. The summed E-state index contributed by atoms with van der Waals surface area (Å²) in [7, 11) is 0. The molecule has 3 aromatic carbocycles. The van der Waals surface area contributed by atoms with Gasteiger partial charge in [-0.15, -0.1) is 0 Å². The highest BCUT2D eigenvalue weighted by atomic mass is 35.5. The fourth-order valence-corrected chi connectivity index (χ4v) is 4.78. The van der Waals surface area contributed by atoms with Gasteiger partial charge in [-0.1, -0.05) is 47.1 Å². The minimum atomic E-state index is -0.638. The summed E-state index contributed by atoms with van der Waals surface area (Å²) in [4.78, 5) is 50.0. The quantitative estimate of drug-likeness (QED) is 0.154. The Kier molecular flexibility index (Phi) is 9.10. The molecule has 44 heavy (non-hydrogen) atoms. The van der Waals surface area contributed by atoms with Crippen LogP contribution in [0.3, 0.4) is 0 Å². The summed E-state index contributed by atoms with van der Waals surface area (Å²) in [6.07, 6.45) is 1.07. The highest BCUT2D eigenvalue weighted by molar-refractivity contribution is 6.33. The van der Waals surface area contributed by atoms with Crippen LogP contribution in [-0.2, 0) is 22.7 Å². The number of carbonyl (C=O) groups excluding carboxylic acids is 4. The normalized spacial score (nSPS) is 10.9. The van der Waals surface area contributed by atoms with Gasteiger partial charge >= 0.3 is 6.03 Å². The van der Waals surface area contributed by atoms with Crippen molar-refractivity contribution in [2.75, 3.05) is 10.6 Å². The van der Waals surface area contributed by atoms with E-state index in [4.69, 9.17) is 16.1 Å². The van der Waals surface area contributed by atoms with Gasteiger partial charge in [0.1, 0.15) is 24.2 Å². The van der Waals surface area contributed by atoms with E-state index in [1.54, 1.807) is 60.7 Å². The summed E-state index contributed by atoms with van der Waals surface area (Å²) in [6, 6.07) is 17.4. The lowest BCUT2D eigenvalue weighted by molar-refractivity contribution is -0.123. The van der Waals surface area contributed by atoms with Crippen LogP contribution in [0.1, 0.15) is 35.9 Å². The van der Waals surface area contributed by atoms with Crippen molar-refractivity contribution in [3.8, 4) is 11.1 Å². The van der Waals surface area contributed by atoms with Gasteiger partial charge in [0.2, 0.25) is 5.91 Å². The molecular weight excluding hydrogens is 591 g/mol. The lowest BCUT2D eigenvalue weighted by Crippen LogP contribution is -2.28. The number of rotatable bonds is 11. The summed E-state index contributed by atoms with van der Waals surface area (Å²) in [5, 5.41) is 16.7. The maximum atomic E-state index is 15.2. The first-order valence-electron chi connectivity index (χ1n) is 13.5. The Hall–Kier alpha value is -5.36. The van der Waals surface area contributed by atoms with Gasteiger partial charge < -0.3 is 20.5 Å². The molecule has 0 saturated heterocycles. The summed E-state index contributed by atoms with van der Waals surface area (Å²) >= 11 is 6.21. The Morgan fingerprint density at radius 2 is 1.75 bits per heavy atom. The number of ketones is 2. The fraction of sp³-hybridized carbons (Fsp3) is 0.161. The van der Waals surface area contributed by atoms with Gasteiger partial charge in [-0.25, -0.2) is 9.18 Å². The molecule has 3 amide bonds. The zero-order chi connectivity index (χ0) is 31.2. The molecule has 2 aromatic heterocycles. The lowest BCUT2D eigenvalue weighted by atomic mass is 10.0. The monoisotopic (exact) mass is 616 g/mol. The summed E-state index contributed by atoms with van der Waals surface area (Å²) < 4.78 is 21.3. The van der Waals surface area contributed by atoms with Gasteiger partial charge in [-0.2, -0.15) is 5.10 Å². The van der Waals surface area contributed by atoms with Crippen molar-refractivity contribution in [2.24, 2.45) is 0 Å². The Labute approximate surface area is 255 Å². The van der Waals surface area contributed by atoms with Gasteiger partial charge in [-0.05, 0) is 30.3 Å². The maximum Gasteiger partial charge on any atom is 0.319 e. The second-order valence-electron chi connectivity index (χ2n) is 9.83. The van der Waals surface area contributed by atoms with Crippen LogP contribution in [0.2, 0.25) is 5.02 Å². The zero-order valence-electron chi connectivity index (χ0n) is 23.4. The van der Waals surface area contributed by atoms with Crippen LogP contribution in [0.25, 0.3) is 22.0 Å². The average Bonchev–Trinajstić information content (AvgIpc) is 3.65. The Morgan fingerprint density at radius 3 is 2.50 bits per heavy atom. The number of amides is 3. The number of carbonyl (C=O) groups is 4. The predicted octanol–water partition coefficient (Wildman–Crippen LogP) is 6.00. The largest absolute Gasteiger partial charge is 0.364 e. The summed E-state index contributed by atoms with van der Waals surface area (Å²) in [6.45, 7) is 1.31. The smallest absolute Gasteiger partial charge is 0.319 e. The molecule has 0 atom stereocenters. The number of aromatic nitrogens is 3. The van der Waals surface area contributed by atoms with Crippen molar-refractivity contribution in [3.63, 3.8) is 0 Å². The minimum absolute atomic E-state index is 0.0275. The standard InChI is InChI=1S/C31H26ClFN6O5/c1-18(40)30-24-15-19(35-31(43)34-16-20-13-14-44-38-20)9-11-27(24)39(37-30)17-21(41)10-12-28(42)36-26-8-4-6-23(29(26)33)22-5-2-3-7-25(22)32/h2-9,11,13-15H,10,12,16-17H2,1H3,(H,36,42)(H2,34,35,43). The first-order chi connectivity index (χ1) is 21.2. The predicted molar refractivity (Wildman–Crippen MR) is 162 cm³/mol. The van der Waals surface area contributed by atoms with E-state index in [-0.39, 0.29) is 54.4 Å². The average molecular weight is 617 g/mol. The van der Waals surface area contributed by atoms with Crippen molar-refractivity contribution in [2.45, 2.75) is 32.9 Å². The molecule has 0 unspecified atom stereocenters. The Bertz CT molecular complexity index is 1870. The number of urea groups is 1. The molecule has 0 saturated carbocycles. The SMILES string of the molecule is CC(=O)c1nn(CC(=O)CCC(=O)Nc2cccc(-c3ccccc3Cl)c2F)c2ccc(NC(=O)NCc3ccon3)cc12. The van der Waals surface area contributed by atoms with Crippen molar-refractivity contribution in [3.05, 3.63) is 95.2 Å². The van der Waals surface area contributed by atoms with E-state index < -0.39 is 17.8 Å². The maximum absolute atomic E-state index is 15.2. The van der Waals surface area contributed by atoms with E-state index in [0.29, 0.717) is 32.9 Å². The van der Waals surface area contributed by atoms with Gasteiger partial charge in [0.25, 0.3) is 0 Å². The minimum Gasteiger partial charge on any atom is -0.364 e. The molecule has 5 aromatic rings. The zero-order valence-corrected chi connectivity index (χ0v) is 24.2. The number of halogens is 2. The third-order valence-corrected chi connectivity index (χ3v) is 6.99. The third kappa shape index (κ3) is 6.98. The molecular formula is C31H26ClFN6O5. The van der Waals surface area contributed by atoms with Crippen LogP contribution >= 0.6 is 11.6 Å². The summed E-state index contributed by atoms with van der Waals surface area (Å²) in [5.74, 6) is -1.82. The summed E-state index contributed by atoms with van der Waals surface area (Å²) in [5.41, 5.74) is 2.29. The highest BCUT2D eigenvalue weighted by Gasteiger charge is 2.19. The first kappa shape index (κ1) is 30.1. The molecule has 0 aliphatic rings. The fourth-order valence-electron chi connectivity index (χ4n) is 4.54. The van der Waals surface area contributed by atoms with E-state index in [2.05, 4.69) is 26.2 Å². The molecule has 11 nitrogen and oxygen atoms in total. The number of fused-ring (bicyclic) bond motifs is 1. The third-order valence-electron chi connectivity index (χ3n) is 6.66. The van der Waals surface area contributed by atoms with Crippen molar-refractivity contribution in [1.29, 1.82) is 0 Å². The Balaban J connectivity index is 1.21. The molecule has 13 heteroatoms. The second kappa shape index (κ2) is 13.3. The van der Waals surface area contributed by atoms with Crippen LogP contribution < -0.4 is 16.0 Å². The van der Waals surface area contributed by atoms with Crippen molar-refractivity contribution < 1.29 is 28.1 Å². The molecule has 5 rings (SSSR count). The number of nitrogens with one attached hydrogen (secondary N) is 3. The number of anilines is 2. The molecule has 0 aliphatic heterocycles. The van der Waals surface area contributed by atoms with Crippen LogP contribution in [0.15, 0.2) is 77.5 Å². The van der Waals surface area contributed by atoms with E-state index in [1.807, 2.05) is 0 Å². The highest BCUT2D eigenvalue weighted by Crippen LogP contribution is 2.32. The molecule has 2 heterocycles. The molecule has 0 aliphatic carbocycles. The Morgan fingerprint density at radius 1 is 0.955 bits per heavy atom. The van der Waals surface area contributed by atoms with Crippen LogP contribution in [-0.4, -0.2) is 38.4 Å². The van der Waals surface area contributed by atoms with E-state index >= 15 is 4.39 Å².